The predicted octanol–water partition coefficient (Wildman–Crippen LogP) is 4.49. The summed E-state index contributed by atoms with van der Waals surface area (Å²) in [6.45, 7) is 9.58. The van der Waals surface area contributed by atoms with Crippen molar-refractivity contribution in [3.63, 3.8) is 0 Å². The molecule has 2 aliphatic rings. The molecule has 0 radical (unpaired) electrons. The molecule has 4 aromatic rings. The van der Waals surface area contributed by atoms with E-state index in [0.717, 1.165) is 41.2 Å². The molecule has 2 aliphatic heterocycles. The average molecular weight is 602 g/mol. The van der Waals surface area contributed by atoms with Crippen LogP contribution in [0.3, 0.4) is 0 Å². The largest absolute Gasteiger partial charge is 0.492 e. The van der Waals surface area contributed by atoms with Gasteiger partial charge in [0.1, 0.15) is 16.5 Å². The number of rotatable bonds is 5. The van der Waals surface area contributed by atoms with Gasteiger partial charge in [-0.2, -0.15) is 0 Å². The van der Waals surface area contributed by atoms with Crippen molar-refractivity contribution in [2.75, 3.05) is 24.6 Å². The summed E-state index contributed by atoms with van der Waals surface area (Å²) in [5, 5.41) is 3.15. The Morgan fingerprint density at radius 3 is 2.58 bits per heavy atom. The van der Waals surface area contributed by atoms with Crippen LogP contribution in [0, 0.1) is 6.92 Å². The molecule has 1 amide bonds. The van der Waals surface area contributed by atoms with Crippen molar-refractivity contribution >= 4 is 32.5 Å². The Morgan fingerprint density at radius 1 is 1.02 bits per heavy atom. The van der Waals surface area contributed by atoms with E-state index < -0.39 is 21.0 Å². The number of morpholine rings is 1. The second-order valence-corrected chi connectivity index (χ2v) is 13.7. The van der Waals surface area contributed by atoms with Crippen LogP contribution in [0.25, 0.3) is 22.3 Å². The highest BCUT2D eigenvalue weighted by molar-refractivity contribution is 7.92. The van der Waals surface area contributed by atoms with Crippen LogP contribution in [0.15, 0.2) is 59.6 Å². The fraction of sp³-hybridized carbons (Fsp3) is 0.375. The molecule has 0 aliphatic carbocycles. The van der Waals surface area contributed by atoms with Gasteiger partial charge in [0.2, 0.25) is 0 Å². The van der Waals surface area contributed by atoms with E-state index in [1.807, 2.05) is 36.4 Å². The molecule has 3 aromatic heterocycles. The van der Waals surface area contributed by atoms with E-state index in [-0.39, 0.29) is 29.2 Å². The maximum atomic E-state index is 13.1. The molecule has 5 heterocycles. The first kappa shape index (κ1) is 29.0. The Morgan fingerprint density at radius 2 is 1.79 bits per heavy atom. The molecule has 0 spiro atoms. The zero-order valence-corrected chi connectivity index (χ0v) is 25.5. The van der Waals surface area contributed by atoms with Crippen molar-refractivity contribution in [3.8, 4) is 17.1 Å². The number of carbonyl (C=O) groups is 1. The van der Waals surface area contributed by atoms with Gasteiger partial charge in [-0.3, -0.25) is 9.78 Å². The lowest BCUT2D eigenvalue weighted by Crippen LogP contribution is -2.45. The summed E-state index contributed by atoms with van der Waals surface area (Å²) >= 11 is 0. The quantitative estimate of drug-likeness (QED) is 0.352. The number of ether oxygens (including phenoxy) is 2. The number of sulfone groups is 1. The number of carbonyl (C=O) groups excluding carboxylic acids is 1. The first-order valence-corrected chi connectivity index (χ1v) is 16.1. The van der Waals surface area contributed by atoms with Crippen molar-refractivity contribution in [2.24, 2.45) is 0 Å². The molecule has 3 atom stereocenters. The van der Waals surface area contributed by atoms with Gasteiger partial charge < -0.3 is 19.7 Å². The third kappa shape index (κ3) is 5.92. The number of anilines is 1. The lowest BCUT2D eigenvalue weighted by Gasteiger charge is -2.36. The van der Waals surface area contributed by atoms with Crippen LogP contribution in [-0.4, -0.2) is 66.4 Å². The summed E-state index contributed by atoms with van der Waals surface area (Å²) < 4.78 is 37.7. The third-order valence-electron chi connectivity index (χ3n) is 7.91. The molecule has 11 heteroatoms. The van der Waals surface area contributed by atoms with Crippen LogP contribution < -0.4 is 15.0 Å². The van der Waals surface area contributed by atoms with Crippen molar-refractivity contribution in [1.82, 2.24) is 20.3 Å². The molecule has 10 nitrogen and oxygen atoms in total. The van der Waals surface area contributed by atoms with E-state index in [0.29, 0.717) is 30.0 Å². The van der Waals surface area contributed by atoms with Gasteiger partial charge in [0.15, 0.2) is 9.84 Å². The Balaban J connectivity index is 1.21. The highest BCUT2D eigenvalue weighted by atomic mass is 32.2. The molecule has 1 fully saturated rings. The van der Waals surface area contributed by atoms with Crippen molar-refractivity contribution in [1.29, 1.82) is 0 Å². The molecule has 1 aromatic carbocycles. The number of fused-ring (bicyclic) bond motifs is 2. The third-order valence-corrected chi connectivity index (χ3v) is 10.1. The minimum Gasteiger partial charge on any atom is -0.492 e. The Kier molecular flexibility index (Phi) is 7.78. The minimum absolute atomic E-state index is 0.0681. The highest BCUT2D eigenvalue weighted by Gasteiger charge is 2.32. The number of amides is 1. The number of nitrogens with zero attached hydrogens (tertiary/aromatic N) is 4. The monoisotopic (exact) mass is 601 g/mol. The summed E-state index contributed by atoms with van der Waals surface area (Å²) in [4.78, 5) is 29.7. The van der Waals surface area contributed by atoms with Gasteiger partial charge in [-0.1, -0.05) is 6.07 Å². The van der Waals surface area contributed by atoms with Gasteiger partial charge in [-0.15, -0.1) is 0 Å². The Labute approximate surface area is 251 Å². The number of hydrogen-bond acceptors (Lipinski definition) is 9. The van der Waals surface area contributed by atoms with Gasteiger partial charge in [0, 0.05) is 30.2 Å². The number of aromatic nitrogens is 3. The molecule has 6 rings (SSSR count). The summed E-state index contributed by atoms with van der Waals surface area (Å²) in [6, 6.07) is 14.7. The van der Waals surface area contributed by atoms with E-state index in [1.165, 1.54) is 6.07 Å². The number of nitrogens with one attached hydrogen (secondary N) is 1. The fourth-order valence-electron chi connectivity index (χ4n) is 5.65. The van der Waals surface area contributed by atoms with Crippen LogP contribution in [0.5, 0.6) is 5.75 Å². The van der Waals surface area contributed by atoms with Crippen LogP contribution in [0.1, 0.15) is 48.8 Å². The molecule has 224 valence electrons. The van der Waals surface area contributed by atoms with Crippen LogP contribution in [-0.2, 0) is 21.1 Å². The van der Waals surface area contributed by atoms with Crippen molar-refractivity contribution in [2.45, 2.75) is 63.0 Å². The van der Waals surface area contributed by atoms with E-state index in [4.69, 9.17) is 19.4 Å². The second-order valence-electron chi connectivity index (χ2n) is 11.4. The zero-order chi connectivity index (χ0) is 30.3. The Bertz CT molecular complexity index is 1800. The van der Waals surface area contributed by atoms with E-state index in [1.54, 1.807) is 26.1 Å². The summed E-state index contributed by atoms with van der Waals surface area (Å²) in [5.41, 5.74) is 3.73. The normalized spacial score (nSPS) is 21.5. The summed E-state index contributed by atoms with van der Waals surface area (Å²) in [6.07, 6.45) is 2.39. The molecular weight excluding hydrogens is 566 g/mol. The van der Waals surface area contributed by atoms with Gasteiger partial charge >= 0.3 is 0 Å². The maximum Gasteiger partial charge on any atom is 0.251 e. The first-order chi connectivity index (χ1) is 20.6. The maximum absolute atomic E-state index is 13.1. The van der Waals surface area contributed by atoms with Gasteiger partial charge in [0.25, 0.3) is 5.91 Å². The molecule has 0 unspecified atom stereocenters. The summed E-state index contributed by atoms with van der Waals surface area (Å²) in [7, 11) is -3.61. The molecule has 0 bridgehead atoms. The summed E-state index contributed by atoms with van der Waals surface area (Å²) in [5.74, 6) is 0.823. The highest BCUT2D eigenvalue weighted by Crippen LogP contribution is 2.35. The van der Waals surface area contributed by atoms with Crippen LogP contribution >= 0.6 is 0 Å². The first-order valence-electron chi connectivity index (χ1n) is 14.5. The molecule has 0 saturated carbocycles. The molecule has 1 N–H and O–H groups in total. The Hall–Kier alpha value is -4.09. The fourth-order valence-corrected chi connectivity index (χ4v) is 7.25. The van der Waals surface area contributed by atoms with Gasteiger partial charge in [-0.25, -0.2) is 18.4 Å². The van der Waals surface area contributed by atoms with Crippen LogP contribution in [0.2, 0.25) is 0 Å². The number of aryl methyl sites for hydroxylation is 1. The lowest BCUT2D eigenvalue weighted by atomic mass is 10.1. The standard InChI is InChI=1S/C32H35N5O5S/c1-19-12-24(13-29-31(19)41-11-10-22(4)43(29,39)40)32(38)34-16-25-14-28-23(15-33-25)8-9-27(35-28)26-6-5-7-30(36-26)37-17-20(2)42-21(3)18-37/h5-9,12-15,20-22H,10-11,16-18H2,1-4H3,(H,34,38)/t20-,21+,22-/m1/s1. The number of benzene rings is 1. The topological polar surface area (TPSA) is 124 Å². The van der Waals surface area contributed by atoms with E-state index in [9.17, 15) is 13.2 Å². The minimum atomic E-state index is -3.61. The van der Waals surface area contributed by atoms with E-state index in [2.05, 4.69) is 29.0 Å². The van der Waals surface area contributed by atoms with Gasteiger partial charge in [-0.05, 0) is 82.1 Å². The van der Waals surface area contributed by atoms with E-state index >= 15 is 0 Å². The van der Waals surface area contributed by atoms with Crippen LogP contribution in [0.4, 0.5) is 5.82 Å². The molecule has 43 heavy (non-hydrogen) atoms. The average Bonchev–Trinajstić information content (AvgIpc) is 3.10. The number of hydrogen-bond donors (Lipinski definition) is 1. The molecule has 1 saturated heterocycles. The SMILES string of the molecule is Cc1cc(C(=O)NCc2cc3nc(-c4cccc(N5C[C@@H](C)O[C@@H](C)C5)n4)ccc3cn2)cc2c1OCC[C@@H](C)S2(=O)=O. The second kappa shape index (κ2) is 11.5. The van der Waals surface area contributed by atoms with Crippen molar-refractivity contribution in [3.05, 3.63) is 71.5 Å². The zero-order valence-electron chi connectivity index (χ0n) is 24.7. The van der Waals surface area contributed by atoms with Crippen molar-refractivity contribution < 1.29 is 22.7 Å². The van der Waals surface area contributed by atoms with Gasteiger partial charge in [0.05, 0.1) is 53.2 Å². The lowest BCUT2D eigenvalue weighted by molar-refractivity contribution is -0.00545. The molecular formula is C32H35N5O5S. The predicted molar refractivity (Wildman–Crippen MR) is 164 cm³/mol. The number of pyridine rings is 3. The smallest absolute Gasteiger partial charge is 0.251 e.